The SMILES string of the molecule is O=C(O)c1c(Br)c(Cl)cc2c1CCCC2. The van der Waals surface area contributed by atoms with E-state index < -0.39 is 5.97 Å². The van der Waals surface area contributed by atoms with Crippen molar-refractivity contribution >= 4 is 33.5 Å². The van der Waals surface area contributed by atoms with Crippen LogP contribution >= 0.6 is 27.5 Å². The number of halogens is 2. The molecule has 4 heteroatoms. The Balaban J connectivity index is 2.68. The summed E-state index contributed by atoms with van der Waals surface area (Å²) in [5.41, 5.74) is 2.38. The van der Waals surface area contributed by atoms with Gasteiger partial charge in [0, 0.05) is 0 Å². The fourth-order valence-electron chi connectivity index (χ4n) is 2.06. The molecule has 0 atom stereocenters. The normalized spacial score (nSPS) is 14.8. The van der Waals surface area contributed by atoms with Gasteiger partial charge in [0.25, 0.3) is 0 Å². The molecule has 0 unspecified atom stereocenters. The monoisotopic (exact) mass is 288 g/mol. The van der Waals surface area contributed by atoms with Crippen molar-refractivity contribution in [3.63, 3.8) is 0 Å². The average Bonchev–Trinajstić information content (AvgIpc) is 2.19. The number of carboxylic acids is 1. The van der Waals surface area contributed by atoms with Crippen LogP contribution in [0, 0.1) is 0 Å². The van der Waals surface area contributed by atoms with Gasteiger partial charge < -0.3 is 5.11 Å². The van der Waals surface area contributed by atoms with Crippen molar-refractivity contribution in [3.8, 4) is 0 Å². The Morgan fingerprint density at radius 2 is 2.07 bits per heavy atom. The highest BCUT2D eigenvalue weighted by Crippen LogP contribution is 2.35. The minimum atomic E-state index is -0.900. The molecule has 0 radical (unpaired) electrons. The van der Waals surface area contributed by atoms with Gasteiger partial charge in [-0.3, -0.25) is 0 Å². The first kappa shape index (κ1) is 11.0. The lowest BCUT2D eigenvalue weighted by molar-refractivity contribution is 0.0694. The number of rotatable bonds is 1. The lowest BCUT2D eigenvalue weighted by atomic mass is 9.88. The zero-order chi connectivity index (χ0) is 11.0. The van der Waals surface area contributed by atoms with Gasteiger partial charge in [0.2, 0.25) is 0 Å². The highest BCUT2D eigenvalue weighted by Gasteiger charge is 2.22. The van der Waals surface area contributed by atoms with Crippen molar-refractivity contribution in [1.82, 2.24) is 0 Å². The molecule has 0 aromatic heterocycles. The van der Waals surface area contributed by atoms with Crippen molar-refractivity contribution in [2.75, 3.05) is 0 Å². The molecular formula is C11H10BrClO2. The Kier molecular flexibility index (Phi) is 3.03. The maximum Gasteiger partial charge on any atom is 0.337 e. The second-order valence-corrected chi connectivity index (χ2v) is 4.90. The van der Waals surface area contributed by atoms with Crippen molar-refractivity contribution in [2.24, 2.45) is 0 Å². The van der Waals surface area contributed by atoms with Crippen LogP contribution in [0.2, 0.25) is 5.02 Å². The van der Waals surface area contributed by atoms with E-state index in [9.17, 15) is 4.79 Å². The Hall–Kier alpha value is -0.540. The van der Waals surface area contributed by atoms with E-state index in [0.717, 1.165) is 36.8 Å². The summed E-state index contributed by atoms with van der Waals surface area (Å²) in [6.07, 6.45) is 3.95. The number of aromatic carboxylic acids is 1. The minimum Gasteiger partial charge on any atom is -0.478 e. The second-order valence-electron chi connectivity index (χ2n) is 3.70. The number of carboxylic acid groups (broad SMARTS) is 1. The molecular weight excluding hydrogens is 279 g/mol. The van der Waals surface area contributed by atoms with Crippen molar-refractivity contribution in [1.29, 1.82) is 0 Å². The highest BCUT2D eigenvalue weighted by atomic mass is 79.9. The molecule has 0 aliphatic heterocycles. The van der Waals surface area contributed by atoms with Crippen LogP contribution in [0.15, 0.2) is 10.5 Å². The summed E-state index contributed by atoms with van der Waals surface area (Å²) < 4.78 is 0.511. The number of aryl methyl sites for hydroxylation is 1. The van der Waals surface area contributed by atoms with E-state index in [1.54, 1.807) is 0 Å². The van der Waals surface area contributed by atoms with Gasteiger partial charge in [-0.15, -0.1) is 0 Å². The van der Waals surface area contributed by atoms with Gasteiger partial charge >= 0.3 is 5.97 Å². The molecule has 1 N–H and O–H groups in total. The van der Waals surface area contributed by atoms with Gasteiger partial charge in [0.15, 0.2) is 0 Å². The van der Waals surface area contributed by atoms with Gasteiger partial charge in [-0.1, -0.05) is 11.6 Å². The quantitative estimate of drug-likeness (QED) is 0.856. The van der Waals surface area contributed by atoms with Gasteiger partial charge in [0.1, 0.15) is 0 Å². The van der Waals surface area contributed by atoms with Gasteiger partial charge in [-0.25, -0.2) is 4.79 Å². The molecule has 1 aliphatic carbocycles. The van der Waals surface area contributed by atoms with Crippen LogP contribution in [0.1, 0.15) is 34.3 Å². The summed E-state index contributed by atoms with van der Waals surface area (Å²) in [5.74, 6) is -0.900. The van der Waals surface area contributed by atoms with E-state index in [4.69, 9.17) is 16.7 Å². The number of hydrogen-bond acceptors (Lipinski definition) is 1. The predicted molar refractivity (Wildman–Crippen MR) is 62.8 cm³/mol. The summed E-state index contributed by atoms with van der Waals surface area (Å²) in [6, 6.07) is 1.88. The topological polar surface area (TPSA) is 37.3 Å². The number of fused-ring (bicyclic) bond motifs is 1. The van der Waals surface area contributed by atoms with Crippen molar-refractivity contribution < 1.29 is 9.90 Å². The van der Waals surface area contributed by atoms with Crippen LogP contribution < -0.4 is 0 Å². The molecule has 1 aliphatic rings. The third-order valence-electron chi connectivity index (χ3n) is 2.76. The third-order valence-corrected chi connectivity index (χ3v) is 4.11. The Morgan fingerprint density at radius 3 is 2.73 bits per heavy atom. The lowest BCUT2D eigenvalue weighted by Crippen LogP contribution is -2.11. The Morgan fingerprint density at radius 1 is 1.40 bits per heavy atom. The largest absolute Gasteiger partial charge is 0.478 e. The molecule has 15 heavy (non-hydrogen) atoms. The summed E-state index contributed by atoms with van der Waals surface area (Å²) >= 11 is 9.23. The molecule has 80 valence electrons. The summed E-state index contributed by atoms with van der Waals surface area (Å²) in [7, 11) is 0. The van der Waals surface area contributed by atoms with E-state index in [2.05, 4.69) is 15.9 Å². The van der Waals surface area contributed by atoms with E-state index in [1.807, 2.05) is 6.07 Å². The van der Waals surface area contributed by atoms with Crippen LogP contribution in [-0.4, -0.2) is 11.1 Å². The molecule has 0 heterocycles. The smallest absolute Gasteiger partial charge is 0.337 e. The molecule has 2 nitrogen and oxygen atoms in total. The molecule has 0 spiro atoms. The standard InChI is InChI=1S/C11H10BrClO2/c12-10-8(13)5-6-3-1-2-4-7(6)9(10)11(14)15/h5H,1-4H2,(H,14,15). The maximum atomic E-state index is 11.2. The summed E-state index contributed by atoms with van der Waals surface area (Å²) in [5, 5.41) is 9.65. The van der Waals surface area contributed by atoms with Crippen LogP contribution in [0.25, 0.3) is 0 Å². The molecule has 0 fully saturated rings. The Bertz CT molecular complexity index is 429. The molecule has 0 saturated heterocycles. The predicted octanol–water partition coefficient (Wildman–Crippen LogP) is 3.68. The first-order valence-electron chi connectivity index (χ1n) is 4.84. The van der Waals surface area contributed by atoms with E-state index in [0.29, 0.717) is 15.1 Å². The van der Waals surface area contributed by atoms with E-state index in [-0.39, 0.29) is 0 Å². The summed E-state index contributed by atoms with van der Waals surface area (Å²) in [6.45, 7) is 0. The van der Waals surface area contributed by atoms with Crippen molar-refractivity contribution in [3.05, 3.63) is 32.3 Å². The Labute approximate surface area is 101 Å². The fraction of sp³-hybridized carbons (Fsp3) is 0.364. The van der Waals surface area contributed by atoms with Gasteiger partial charge in [-0.05, 0) is 58.8 Å². The highest BCUT2D eigenvalue weighted by molar-refractivity contribution is 9.10. The van der Waals surface area contributed by atoms with Gasteiger partial charge in [-0.2, -0.15) is 0 Å². The molecule has 0 amide bonds. The fourth-order valence-corrected chi connectivity index (χ4v) is 2.81. The first-order valence-corrected chi connectivity index (χ1v) is 6.01. The number of hydrogen-bond donors (Lipinski definition) is 1. The molecule has 1 aromatic carbocycles. The molecule has 0 saturated carbocycles. The molecule has 0 bridgehead atoms. The van der Waals surface area contributed by atoms with Crippen LogP contribution in [-0.2, 0) is 12.8 Å². The van der Waals surface area contributed by atoms with Crippen LogP contribution in [0.5, 0.6) is 0 Å². The molecule has 1 aromatic rings. The molecule has 2 rings (SSSR count). The summed E-state index contributed by atoms with van der Waals surface area (Å²) in [4.78, 5) is 11.2. The van der Waals surface area contributed by atoms with E-state index >= 15 is 0 Å². The van der Waals surface area contributed by atoms with E-state index in [1.165, 1.54) is 0 Å². The second kappa shape index (κ2) is 4.14. The lowest BCUT2D eigenvalue weighted by Gasteiger charge is -2.19. The first-order chi connectivity index (χ1) is 7.11. The van der Waals surface area contributed by atoms with Crippen molar-refractivity contribution in [2.45, 2.75) is 25.7 Å². The number of benzene rings is 1. The maximum absolute atomic E-state index is 11.2. The van der Waals surface area contributed by atoms with Crippen LogP contribution in [0.3, 0.4) is 0 Å². The minimum absolute atomic E-state index is 0.345. The zero-order valence-electron chi connectivity index (χ0n) is 8.02. The number of carbonyl (C=O) groups is 1. The third kappa shape index (κ3) is 1.91. The average molecular weight is 290 g/mol. The van der Waals surface area contributed by atoms with Gasteiger partial charge in [0.05, 0.1) is 15.1 Å². The van der Waals surface area contributed by atoms with Crippen LogP contribution in [0.4, 0.5) is 0 Å². The zero-order valence-corrected chi connectivity index (χ0v) is 10.4.